The van der Waals surface area contributed by atoms with Crippen LogP contribution in [0.4, 0.5) is 11.5 Å². The van der Waals surface area contributed by atoms with E-state index in [2.05, 4.69) is 20.2 Å². The molecule has 168 valence electrons. The van der Waals surface area contributed by atoms with Crippen molar-refractivity contribution in [2.75, 3.05) is 36.5 Å². The summed E-state index contributed by atoms with van der Waals surface area (Å²) in [6.07, 6.45) is 4.16. The molecule has 9 nitrogen and oxygen atoms in total. The number of carbonyl (C=O) groups excluding carboxylic acids is 1. The highest BCUT2D eigenvalue weighted by molar-refractivity contribution is 5.96. The molecule has 1 fully saturated rings. The Bertz CT molecular complexity index is 1130. The number of fused-ring (bicyclic) bond motifs is 1. The number of ether oxygens (including phenoxy) is 1. The van der Waals surface area contributed by atoms with Crippen LogP contribution >= 0.6 is 0 Å². The van der Waals surface area contributed by atoms with Crippen molar-refractivity contribution in [2.24, 2.45) is 5.73 Å². The molecule has 9 heteroatoms. The third kappa shape index (κ3) is 5.50. The number of hydrogen-bond acceptors (Lipinski definition) is 7. The Morgan fingerprint density at radius 1 is 1.28 bits per heavy atom. The summed E-state index contributed by atoms with van der Waals surface area (Å²) in [7, 11) is 0. The Kier molecular flexibility index (Phi) is 7.56. The molecule has 3 aromatic heterocycles. The van der Waals surface area contributed by atoms with Crippen molar-refractivity contribution in [3.63, 3.8) is 0 Å². The van der Waals surface area contributed by atoms with Gasteiger partial charge in [-0.2, -0.15) is 0 Å². The number of allylic oxidation sites excluding steroid dienone is 2. The number of morpholine rings is 1. The SMILES string of the molecule is CC(=N)/C(C)=C(/C)N.O=CNc1cnc2[nH]cc(-c3cccc(N4CCOCC4)n3)c2c1. The van der Waals surface area contributed by atoms with Crippen LogP contribution in [0.3, 0.4) is 0 Å². The van der Waals surface area contributed by atoms with Crippen molar-refractivity contribution in [1.82, 2.24) is 15.0 Å². The number of anilines is 2. The molecule has 0 radical (unpaired) electrons. The fourth-order valence-electron chi connectivity index (χ4n) is 3.20. The number of pyridine rings is 2. The predicted octanol–water partition coefficient (Wildman–Crippen LogP) is 3.31. The van der Waals surface area contributed by atoms with Gasteiger partial charge in [-0.1, -0.05) is 6.07 Å². The average molecular weight is 436 g/mol. The number of rotatable bonds is 5. The van der Waals surface area contributed by atoms with Crippen LogP contribution in [0.1, 0.15) is 20.8 Å². The Labute approximate surface area is 187 Å². The largest absolute Gasteiger partial charge is 0.402 e. The minimum absolute atomic E-state index is 0.546. The molecular weight excluding hydrogens is 406 g/mol. The van der Waals surface area contributed by atoms with E-state index in [0.29, 0.717) is 17.8 Å². The van der Waals surface area contributed by atoms with Gasteiger partial charge in [0.05, 0.1) is 30.8 Å². The van der Waals surface area contributed by atoms with Crippen molar-refractivity contribution in [3.8, 4) is 11.3 Å². The summed E-state index contributed by atoms with van der Waals surface area (Å²) in [5, 5.41) is 10.6. The number of carbonyl (C=O) groups is 1. The molecule has 32 heavy (non-hydrogen) atoms. The lowest BCUT2D eigenvalue weighted by Gasteiger charge is -2.28. The third-order valence-corrected chi connectivity index (χ3v) is 5.26. The number of amides is 1. The van der Waals surface area contributed by atoms with E-state index in [9.17, 15) is 4.79 Å². The van der Waals surface area contributed by atoms with Gasteiger partial charge < -0.3 is 31.1 Å². The first-order valence-corrected chi connectivity index (χ1v) is 10.4. The first-order chi connectivity index (χ1) is 15.4. The number of H-pyrrole nitrogens is 1. The molecule has 5 N–H and O–H groups in total. The van der Waals surface area contributed by atoms with Crippen LogP contribution in [0.5, 0.6) is 0 Å². The summed E-state index contributed by atoms with van der Waals surface area (Å²) in [6, 6.07) is 7.90. The molecule has 4 heterocycles. The van der Waals surface area contributed by atoms with Gasteiger partial charge >= 0.3 is 0 Å². The molecule has 0 spiro atoms. The van der Waals surface area contributed by atoms with Crippen LogP contribution in [0, 0.1) is 5.41 Å². The average Bonchev–Trinajstić information content (AvgIpc) is 3.23. The molecule has 1 amide bonds. The van der Waals surface area contributed by atoms with Gasteiger partial charge in [0, 0.05) is 41.6 Å². The number of nitrogens with two attached hydrogens (primary N) is 1. The highest BCUT2D eigenvalue weighted by Gasteiger charge is 2.15. The molecule has 0 unspecified atom stereocenters. The first-order valence-electron chi connectivity index (χ1n) is 10.4. The first kappa shape index (κ1) is 23.0. The molecule has 0 atom stereocenters. The van der Waals surface area contributed by atoms with E-state index < -0.39 is 0 Å². The number of aromatic nitrogens is 3. The lowest BCUT2D eigenvalue weighted by atomic mass is 10.1. The van der Waals surface area contributed by atoms with Crippen LogP contribution in [-0.2, 0) is 9.53 Å². The van der Waals surface area contributed by atoms with E-state index >= 15 is 0 Å². The van der Waals surface area contributed by atoms with Gasteiger partial charge in [0.2, 0.25) is 6.41 Å². The van der Waals surface area contributed by atoms with Crippen LogP contribution in [0.25, 0.3) is 22.3 Å². The van der Waals surface area contributed by atoms with Crippen molar-refractivity contribution >= 4 is 34.7 Å². The normalized spacial score (nSPS) is 14.3. The second kappa shape index (κ2) is 10.5. The van der Waals surface area contributed by atoms with E-state index in [1.807, 2.05) is 37.4 Å². The maximum Gasteiger partial charge on any atom is 0.211 e. The maximum atomic E-state index is 10.6. The molecule has 0 aliphatic carbocycles. The Hall–Kier alpha value is -3.72. The second-order valence-electron chi connectivity index (χ2n) is 7.50. The molecule has 3 aromatic rings. The molecular formula is C23H29N7O2. The van der Waals surface area contributed by atoms with Crippen LogP contribution < -0.4 is 16.0 Å². The summed E-state index contributed by atoms with van der Waals surface area (Å²) in [5.74, 6) is 0.945. The smallest absolute Gasteiger partial charge is 0.211 e. The van der Waals surface area contributed by atoms with Gasteiger partial charge in [-0.25, -0.2) is 9.97 Å². The van der Waals surface area contributed by atoms with Gasteiger partial charge in [0.25, 0.3) is 0 Å². The van der Waals surface area contributed by atoms with Crippen LogP contribution in [0.15, 0.2) is 47.9 Å². The molecule has 1 aliphatic heterocycles. The van der Waals surface area contributed by atoms with Gasteiger partial charge in [-0.05, 0) is 44.5 Å². The fourth-order valence-corrected chi connectivity index (χ4v) is 3.20. The number of aromatic amines is 1. The Morgan fingerprint density at radius 2 is 2.03 bits per heavy atom. The number of hydrogen-bond donors (Lipinski definition) is 4. The standard InChI is InChI=1S/C17H17N5O2.C6H12N2/c23-11-20-12-8-13-14(10-19-17(13)18-9-12)15-2-1-3-16(21-15)22-4-6-24-7-5-22;1-4(5(2)7)6(3)8/h1-3,8-11H,4-7H2,(H,18,19)(H,20,23);7H,8H2,1-3H3/b;6-4-,7-5?. The van der Waals surface area contributed by atoms with Gasteiger partial charge in [-0.15, -0.1) is 0 Å². The zero-order valence-electron chi connectivity index (χ0n) is 18.6. The van der Waals surface area contributed by atoms with Crippen LogP contribution in [0.2, 0.25) is 0 Å². The van der Waals surface area contributed by atoms with Crippen molar-refractivity contribution < 1.29 is 9.53 Å². The van der Waals surface area contributed by atoms with Crippen molar-refractivity contribution in [1.29, 1.82) is 5.41 Å². The van der Waals surface area contributed by atoms with Gasteiger partial charge in [0.1, 0.15) is 11.5 Å². The fraction of sp³-hybridized carbons (Fsp3) is 0.304. The predicted molar refractivity (Wildman–Crippen MR) is 128 cm³/mol. The minimum Gasteiger partial charge on any atom is -0.402 e. The lowest BCUT2D eigenvalue weighted by Crippen LogP contribution is -2.36. The summed E-state index contributed by atoms with van der Waals surface area (Å²) in [5.41, 5.74) is 10.8. The quantitative estimate of drug-likeness (QED) is 0.359. The van der Waals surface area contributed by atoms with E-state index in [0.717, 1.165) is 65.7 Å². The van der Waals surface area contributed by atoms with E-state index in [4.69, 9.17) is 20.9 Å². The van der Waals surface area contributed by atoms with E-state index in [-0.39, 0.29) is 0 Å². The molecule has 0 saturated carbocycles. The second-order valence-corrected chi connectivity index (χ2v) is 7.50. The van der Waals surface area contributed by atoms with E-state index in [1.54, 1.807) is 20.0 Å². The van der Waals surface area contributed by atoms with Gasteiger partial charge in [0.15, 0.2) is 0 Å². The monoisotopic (exact) mass is 435 g/mol. The molecule has 0 bridgehead atoms. The highest BCUT2D eigenvalue weighted by atomic mass is 16.5. The molecule has 0 aromatic carbocycles. The zero-order chi connectivity index (χ0) is 23.1. The van der Waals surface area contributed by atoms with E-state index in [1.165, 1.54) is 0 Å². The molecule has 1 aliphatic rings. The van der Waals surface area contributed by atoms with Crippen molar-refractivity contribution in [3.05, 3.63) is 47.9 Å². The summed E-state index contributed by atoms with van der Waals surface area (Å²) in [6.45, 7) is 8.52. The topological polar surface area (TPSA) is 133 Å². The number of nitrogens with zero attached hydrogens (tertiary/aromatic N) is 3. The number of nitrogens with one attached hydrogen (secondary N) is 3. The Balaban J connectivity index is 0.000000312. The lowest BCUT2D eigenvalue weighted by molar-refractivity contribution is -0.105. The maximum absolute atomic E-state index is 10.6. The summed E-state index contributed by atoms with van der Waals surface area (Å²) < 4.78 is 5.40. The van der Waals surface area contributed by atoms with Crippen molar-refractivity contribution in [2.45, 2.75) is 20.8 Å². The highest BCUT2D eigenvalue weighted by Crippen LogP contribution is 2.29. The summed E-state index contributed by atoms with van der Waals surface area (Å²) >= 11 is 0. The summed E-state index contributed by atoms with van der Waals surface area (Å²) in [4.78, 5) is 25.1. The van der Waals surface area contributed by atoms with Crippen LogP contribution in [-0.4, -0.2) is 53.4 Å². The molecule has 4 rings (SSSR count). The zero-order valence-corrected chi connectivity index (χ0v) is 18.6. The Morgan fingerprint density at radius 3 is 2.66 bits per heavy atom. The minimum atomic E-state index is 0.546. The van der Waals surface area contributed by atoms with Gasteiger partial charge in [-0.3, -0.25) is 4.79 Å². The molecule has 1 saturated heterocycles. The third-order valence-electron chi connectivity index (χ3n) is 5.26.